The number of benzene rings is 1. The van der Waals surface area contributed by atoms with E-state index in [2.05, 4.69) is 43.1 Å². The quantitative estimate of drug-likeness (QED) is 0.713. The highest BCUT2D eigenvalue weighted by Crippen LogP contribution is 2.13. The number of carbonyl (C=O) groups excluding carboxylic acids is 1. The van der Waals surface area contributed by atoms with Crippen molar-refractivity contribution in [1.29, 1.82) is 0 Å². The van der Waals surface area contributed by atoms with Crippen LogP contribution in [0, 0.1) is 6.92 Å². The molecule has 0 radical (unpaired) electrons. The third-order valence-corrected chi connectivity index (χ3v) is 4.22. The molecule has 1 aromatic carbocycles. The molecule has 2 nitrogen and oxygen atoms in total. The van der Waals surface area contributed by atoms with Crippen molar-refractivity contribution in [3.63, 3.8) is 0 Å². The predicted molar refractivity (Wildman–Crippen MR) is 85.4 cm³/mol. The minimum absolute atomic E-state index is 0.267. The van der Waals surface area contributed by atoms with E-state index in [9.17, 15) is 4.79 Å². The number of carbonyl (C=O) groups is 1. The standard InChI is InChI=1S/C17H21NOS/c1-14-7-9-15(10-8-14)13-18(2)11-3-5-16(19)17-6-4-12-20-17/h4,6-10,12H,3,5,11,13H2,1-2H3. The van der Waals surface area contributed by atoms with E-state index in [0.29, 0.717) is 6.42 Å². The fourth-order valence-corrected chi connectivity index (χ4v) is 2.85. The van der Waals surface area contributed by atoms with Gasteiger partial charge in [-0.1, -0.05) is 35.9 Å². The van der Waals surface area contributed by atoms with Crippen molar-refractivity contribution in [2.75, 3.05) is 13.6 Å². The van der Waals surface area contributed by atoms with Gasteiger partial charge in [0.1, 0.15) is 0 Å². The van der Waals surface area contributed by atoms with Crippen LogP contribution in [-0.2, 0) is 6.54 Å². The van der Waals surface area contributed by atoms with Crippen molar-refractivity contribution in [3.05, 3.63) is 57.8 Å². The van der Waals surface area contributed by atoms with Gasteiger partial charge in [0.15, 0.2) is 5.78 Å². The van der Waals surface area contributed by atoms with E-state index in [4.69, 9.17) is 0 Å². The summed E-state index contributed by atoms with van der Waals surface area (Å²) in [5.74, 6) is 0.267. The van der Waals surface area contributed by atoms with Gasteiger partial charge in [0.2, 0.25) is 0 Å². The summed E-state index contributed by atoms with van der Waals surface area (Å²) in [7, 11) is 2.11. The van der Waals surface area contributed by atoms with Crippen LogP contribution in [0.3, 0.4) is 0 Å². The Labute approximate surface area is 125 Å². The average Bonchev–Trinajstić information content (AvgIpc) is 2.95. The topological polar surface area (TPSA) is 20.3 Å². The summed E-state index contributed by atoms with van der Waals surface area (Å²) < 4.78 is 0. The van der Waals surface area contributed by atoms with Crippen molar-refractivity contribution in [2.24, 2.45) is 0 Å². The fourth-order valence-electron chi connectivity index (χ4n) is 2.15. The highest BCUT2D eigenvalue weighted by molar-refractivity contribution is 7.12. The average molecular weight is 287 g/mol. The van der Waals surface area contributed by atoms with E-state index in [1.165, 1.54) is 22.5 Å². The third-order valence-electron chi connectivity index (χ3n) is 3.31. The molecule has 1 heterocycles. The molecule has 0 bridgehead atoms. The second kappa shape index (κ2) is 7.36. The highest BCUT2D eigenvalue weighted by Gasteiger charge is 2.07. The summed E-state index contributed by atoms with van der Waals surface area (Å²) in [5, 5.41) is 1.96. The summed E-state index contributed by atoms with van der Waals surface area (Å²) in [5.41, 5.74) is 2.61. The van der Waals surface area contributed by atoms with E-state index < -0.39 is 0 Å². The maximum absolute atomic E-state index is 11.9. The lowest BCUT2D eigenvalue weighted by atomic mass is 10.1. The second-order valence-electron chi connectivity index (χ2n) is 5.23. The fraction of sp³-hybridized carbons (Fsp3) is 0.353. The van der Waals surface area contributed by atoms with Gasteiger partial charge in [-0.05, 0) is 43.9 Å². The Balaban J connectivity index is 1.71. The first-order valence-corrected chi connectivity index (χ1v) is 7.84. The Morgan fingerprint density at radius 2 is 1.95 bits per heavy atom. The van der Waals surface area contributed by atoms with Crippen LogP contribution >= 0.6 is 11.3 Å². The Hall–Kier alpha value is -1.45. The van der Waals surface area contributed by atoms with E-state index in [0.717, 1.165) is 24.4 Å². The molecule has 2 aromatic rings. The number of ketones is 1. The molecule has 0 spiro atoms. The molecule has 0 amide bonds. The van der Waals surface area contributed by atoms with Gasteiger partial charge in [-0.2, -0.15) is 0 Å². The van der Waals surface area contributed by atoms with Crippen molar-refractivity contribution in [2.45, 2.75) is 26.3 Å². The molecule has 0 atom stereocenters. The Kier molecular flexibility index (Phi) is 5.50. The van der Waals surface area contributed by atoms with Gasteiger partial charge in [0.25, 0.3) is 0 Å². The Morgan fingerprint density at radius 1 is 1.20 bits per heavy atom. The molecule has 0 N–H and O–H groups in total. The maximum atomic E-state index is 11.9. The molecule has 0 aliphatic heterocycles. The summed E-state index contributed by atoms with van der Waals surface area (Å²) in [6, 6.07) is 12.5. The monoisotopic (exact) mass is 287 g/mol. The molecule has 1 aromatic heterocycles. The number of thiophene rings is 1. The normalized spacial score (nSPS) is 10.9. The Morgan fingerprint density at radius 3 is 2.60 bits per heavy atom. The maximum Gasteiger partial charge on any atom is 0.172 e. The first-order chi connectivity index (χ1) is 9.65. The molecule has 0 saturated heterocycles. The van der Waals surface area contributed by atoms with E-state index in [1.807, 2.05) is 17.5 Å². The largest absolute Gasteiger partial charge is 0.302 e. The van der Waals surface area contributed by atoms with Crippen LogP contribution in [0.5, 0.6) is 0 Å². The third kappa shape index (κ3) is 4.58. The number of hydrogen-bond acceptors (Lipinski definition) is 3. The molecule has 0 fully saturated rings. The van der Waals surface area contributed by atoms with Crippen LogP contribution < -0.4 is 0 Å². The van der Waals surface area contributed by atoms with Crippen molar-refractivity contribution >= 4 is 17.1 Å². The molecule has 2 rings (SSSR count). The molecule has 0 aliphatic rings. The molecule has 3 heteroatoms. The first-order valence-electron chi connectivity index (χ1n) is 6.96. The van der Waals surface area contributed by atoms with Crippen molar-refractivity contribution in [1.82, 2.24) is 4.90 Å². The van der Waals surface area contributed by atoms with Crippen LogP contribution in [0.15, 0.2) is 41.8 Å². The van der Waals surface area contributed by atoms with Gasteiger partial charge in [-0.25, -0.2) is 0 Å². The zero-order chi connectivity index (χ0) is 14.4. The van der Waals surface area contributed by atoms with E-state index in [1.54, 1.807) is 0 Å². The number of hydrogen-bond donors (Lipinski definition) is 0. The summed E-state index contributed by atoms with van der Waals surface area (Å²) in [4.78, 5) is 15.0. The highest BCUT2D eigenvalue weighted by atomic mass is 32.1. The van der Waals surface area contributed by atoms with Crippen LogP contribution in [0.2, 0.25) is 0 Å². The summed E-state index contributed by atoms with van der Waals surface area (Å²) in [6.07, 6.45) is 1.55. The predicted octanol–water partition coefficient (Wildman–Crippen LogP) is 4.15. The summed E-state index contributed by atoms with van der Waals surface area (Å²) in [6.45, 7) is 3.99. The van der Waals surface area contributed by atoms with Gasteiger partial charge < -0.3 is 4.90 Å². The molecular weight excluding hydrogens is 266 g/mol. The van der Waals surface area contributed by atoms with Gasteiger partial charge >= 0.3 is 0 Å². The van der Waals surface area contributed by atoms with Gasteiger partial charge in [-0.3, -0.25) is 4.79 Å². The number of nitrogens with zero attached hydrogens (tertiary/aromatic N) is 1. The zero-order valence-electron chi connectivity index (χ0n) is 12.1. The summed E-state index contributed by atoms with van der Waals surface area (Å²) >= 11 is 1.53. The van der Waals surface area contributed by atoms with E-state index >= 15 is 0 Å². The second-order valence-corrected chi connectivity index (χ2v) is 6.18. The SMILES string of the molecule is Cc1ccc(CN(C)CCCC(=O)c2cccs2)cc1. The minimum Gasteiger partial charge on any atom is -0.302 e. The van der Waals surface area contributed by atoms with Gasteiger partial charge in [0, 0.05) is 13.0 Å². The molecule has 106 valence electrons. The molecule has 0 saturated carbocycles. The van der Waals surface area contributed by atoms with Crippen LogP contribution in [-0.4, -0.2) is 24.3 Å². The molecule has 20 heavy (non-hydrogen) atoms. The zero-order valence-corrected chi connectivity index (χ0v) is 13.0. The molecule has 0 aliphatic carbocycles. The van der Waals surface area contributed by atoms with E-state index in [-0.39, 0.29) is 5.78 Å². The van der Waals surface area contributed by atoms with Gasteiger partial charge in [0.05, 0.1) is 4.88 Å². The van der Waals surface area contributed by atoms with Crippen molar-refractivity contribution < 1.29 is 4.79 Å². The smallest absolute Gasteiger partial charge is 0.172 e. The van der Waals surface area contributed by atoms with Crippen LogP contribution in [0.1, 0.15) is 33.6 Å². The van der Waals surface area contributed by atoms with Crippen molar-refractivity contribution in [3.8, 4) is 0 Å². The lowest BCUT2D eigenvalue weighted by Crippen LogP contribution is -2.19. The first kappa shape index (κ1) is 14.9. The lowest BCUT2D eigenvalue weighted by molar-refractivity contribution is 0.0980. The number of Topliss-reactive ketones (excluding diaryl/α,β-unsaturated/α-hetero) is 1. The Bertz CT molecular complexity index is 531. The minimum atomic E-state index is 0.267. The van der Waals surface area contributed by atoms with Crippen LogP contribution in [0.25, 0.3) is 0 Å². The van der Waals surface area contributed by atoms with Gasteiger partial charge in [-0.15, -0.1) is 11.3 Å². The lowest BCUT2D eigenvalue weighted by Gasteiger charge is -2.16. The molecular formula is C17H21NOS. The van der Waals surface area contributed by atoms with Crippen LogP contribution in [0.4, 0.5) is 0 Å². The number of rotatable bonds is 7. The molecule has 0 unspecified atom stereocenters. The number of aryl methyl sites for hydroxylation is 1.